The maximum absolute atomic E-state index is 14.6. The van der Waals surface area contributed by atoms with Crippen LogP contribution in [0.2, 0.25) is 5.02 Å². The van der Waals surface area contributed by atoms with Gasteiger partial charge in [0.2, 0.25) is 0 Å². The number of esters is 2. The SMILES string of the molecule is CCOC(=O)C1=C(C2CCC(N)=C(C=NC(C)CC(=O)OC)C2)NC(c2nccs2)=NC1c1ccc(F)c(F)c1Cl. The van der Waals surface area contributed by atoms with Crippen molar-refractivity contribution in [2.75, 3.05) is 13.7 Å². The number of nitrogens with two attached hydrogens (primary N) is 1. The highest BCUT2D eigenvalue weighted by Gasteiger charge is 2.38. The summed E-state index contributed by atoms with van der Waals surface area (Å²) in [6.07, 6.45) is 4.89. The van der Waals surface area contributed by atoms with Gasteiger partial charge in [-0.25, -0.2) is 18.6 Å². The normalized spacial score (nSPS) is 20.1. The van der Waals surface area contributed by atoms with Gasteiger partial charge in [0, 0.05) is 40.7 Å². The molecule has 1 aliphatic carbocycles. The summed E-state index contributed by atoms with van der Waals surface area (Å²) >= 11 is 7.60. The standard InChI is InChI=1S/C28H30ClF2N5O4S/c1-4-40-28(38)21-24(15-5-8-19(32)16(12-15)13-34-14(2)11-20(37)39-3)35-26(27-33-9-10-41-27)36-25(21)17-6-7-18(30)23(31)22(17)29/h6-7,9-10,13-15,25H,4-5,8,11-12,32H2,1-3H3,(H,35,36). The molecule has 0 amide bonds. The fourth-order valence-corrected chi connectivity index (χ4v) is 5.56. The number of carbonyl (C=O) groups is 2. The summed E-state index contributed by atoms with van der Waals surface area (Å²) in [5, 5.41) is 5.13. The molecule has 0 saturated carbocycles. The maximum atomic E-state index is 14.6. The Balaban J connectivity index is 1.79. The van der Waals surface area contributed by atoms with Crippen molar-refractivity contribution >= 4 is 46.9 Å². The number of aromatic nitrogens is 1. The number of nitrogens with zero attached hydrogens (tertiary/aromatic N) is 3. The van der Waals surface area contributed by atoms with E-state index in [2.05, 4.69) is 15.3 Å². The Labute approximate surface area is 245 Å². The lowest BCUT2D eigenvalue weighted by molar-refractivity contribution is -0.141. The first kappa shape index (κ1) is 30.3. The number of thiazole rings is 1. The number of benzene rings is 1. The summed E-state index contributed by atoms with van der Waals surface area (Å²) in [5.41, 5.74) is 8.52. The molecule has 2 aliphatic rings. The Morgan fingerprint density at radius 3 is 2.83 bits per heavy atom. The molecule has 1 aliphatic heterocycles. The molecule has 13 heteroatoms. The van der Waals surface area contributed by atoms with Crippen molar-refractivity contribution in [3.8, 4) is 0 Å². The van der Waals surface area contributed by atoms with Crippen LogP contribution in [0.4, 0.5) is 8.78 Å². The third-order valence-electron chi connectivity index (χ3n) is 6.79. The van der Waals surface area contributed by atoms with Gasteiger partial charge in [-0.3, -0.25) is 14.8 Å². The first-order valence-electron chi connectivity index (χ1n) is 13.0. The van der Waals surface area contributed by atoms with E-state index in [-0.39, 0.29) is 42.1 Å². The van der Waals surface area contributed by atoms with Crippen molar-refractivity contribution in [2.45, 2.75) is 51.6 Å². The van der Waals surface area contributed by atoms with Crippen LogP contribution in [0.25, 0.3) is 0 Å². The number of ether oxygens (including phenoxy) is 2. The molecule has 9 nitrogen and oxygen atoms in total. The minimum Gasteiger partial charge on any atom is -0.469 e. The highest BCUT2D eigenvalue weighted by Crippen LogP contribution is 2.42. The van der Waals surface area contributed by atoms with Crippen LogP contribution >= 0.6 is 22.9 Å². The van der Waals surface area contributed by atoms with Crippen LogP contribution in [0.3, 0.4) is 0 Å². The second-order valence-corrected chi connectivity index (χ2v) is 10.8. The zero-order valence-corrected chi connectivity index (χ0v) is 24.3. The quantitative estimate of drug-likeness (QED) is 0.233. The minimum atomic E-state index is -1.23. The maximum Gasteiger partial charge on any atom is 0.338 e. The summed E-state index contributed by atoms with van der Waals surface area (Å²) in [5.74, 6) is -3.28. The van der Waals surface area contributed by atoms with Crippen LogP contribution in [0.5, 0.6) is 0 Å². The molecule has 0 fully saturated rings. The monoisotopic (exact) mass is 605 g/mol. The van der Waals surface area contributed by atoms with Gasteiger partial charge in [-0.2, -0.15) is 0 Å². The molecule has 4 rings (SSSR count). The Morgan fingerprint density at radius 2 is 2.15 bits per heavy atom. The number of hydrogen-bond acceptors (Lipinski definition) is 10. The van der Waals surface area contributed by atoms with Crippen molar-refractivity contribution in [1.82, 2.24) is 10.3 Å². The number of methoxy groups -OCH3 is 1. The fourth-order valence-electron chi connectivity index (χ4n) is 4.71. The molecule has 1 aromatic carbocycles. The first-order valence-corrected chi connectivity index (χ1v) is 14.3. The number of aliphatic imine (C=N–C) groups is 2. The van der Waals surface area contributed by atoms with Crippen molar-refractivity contribution < 1.29 is 27.8 Å². The first-order chi connectivity index (χ1) is 19.6. The van der Waals surface area contributed by atoms with Crippen LogP contribution in [0.15, 0.2) is 56.2 Å². The Bertz CT molecular complexity index is 1440. The topological polar surface area (TPSA) is 128 Å². The van der Waals surface area contributed by atoms with Crippen molar-refractivity contribution in [3.63, 3.8) is 0 Å². The second-order valence-electron chi connectivity index (χ2n) is 9.55. The highest BCUT2D eigenvalue weighted by atomic mass is 35.5. The average Bonchev–Trinajstić information content (AvgIpc) is 3.50. The average molecular weight is 606 g/mol. The number of hydrogen-bond donors (Lipinski definition) is 2. The number of allylic oxidation sites excluding steroid dienone is 3. The molecule has 3 N–H and O–H groups in total. The van der Waals surface area contributed by atoms with Crippen molar-refractivity contribution in [1.29, 1.82) is 0 Å². The predicted octanol–water partition coefficient (Wildman–Crippen LogP) is 5.02. The lowest BCUT2D eigenvalue weighted by Gasteiger charge is -2.33. The lowest BCUT2D eigenvalue weighted by Crippen LogP contribution is -2.38. The van der Waals surface area contributed by atoms with Gasteiger partial charge < -0.3 is 20.5 Å². The van der Waals surface area contributed by atoms with E-state index in [0.717, 1.165) is 11.6 Å². The van der Waals surface area contributed by atoms with E-state index >= 15 is 0 Å². The molecule has 218 valence electrons. The molecule has 1 aromatic heterocycles. The van der Waals surface area contributed by atoms with Gasteiger partial charge in [-0.1, -0.05) is 17.7 Å². The molecule has 3 unspecified atom stereocenters. The van der Waals surface area contributed by atoms with Gasteiger partial charge in [0.05, 0.1) is 36.8 Å². The van der Waals surface area contributed by atoms with Gasteiger partial charge in [-0.15, -0.1) is 11.3 Å². The molecular weight excluding hydrogens is 576 g/mol. The minimum absolute atomic E-state index is 0.0877. The predicted molar refractivity (Wildman–Crippen MR) is 153 cm³/mol. The Kier molecular flexibility index (Phi) is 9.87. The van der Waals surface area contributed by atoms with Gasteiger partial charge >= 0.3 is 11.9 Å². The van der Waals surface area contributed by atoms with E-state index in [1.165, 1.54) is 24.5 Å². The third-order valence-corrected chi connectivity index (χ3v) is 7.95. The van der Waals surface area contributed by atoms with E-state index in [0.29, 0.717) is 41.5 Å². The van der Waals surface area contributed by atoms with Gasteiger partial charge in [0.1, 0.15) is 6.04 Å². The molecule has 3 atom stereocenters. The molecule has 0 spiro atoms. The summed E-state index contributed by atoms with van der Waals surface area (Å²) in [4.78, 5) is 38.6. The summed E-state index contributed by atoms with van der Waals surface area (Å²) < 4.78 is 38.7. The third kappa shape index (κ3) is 6.82. The molecule has 0 radical (unpaired) electrons. The van der Waals surface area contributed by atoms with Gasteiger partial charge in [-0.05, 0) is 44.7 Å². The smallest absolute Gasteiger partial charge is 0.338 e. The second kappa shape index (κ2) is 13.3. The van der Waals surface area contributed by atoms with E-state index in [1.54, 1.807) is 31.6 Å². The van der Waals surface area contributed by atoms with Crippen molar-refractivity contribution in [2.24, 2.45) is 21.6 Å². The summed E-state index contributed by atoms with van der Waals surface area (Å²) in [7, 11) is 1.32. The number of rotatable bonds is 9. The van der Waals surface area contributed by atoms with E-state index in [4.69, 9.17) is 31.8 Å². The van der Waals surface area contributed by atoms with Gasteiger partial charge in [0.15, 0.2) is 22.5 Å². The van der Waals surface area contributed by atoms with Crippen LogP contribution in [-0.2, 0) is 19.1 Å². The number of nitrogens with one attached hydrogen (secondary N) is 1. The number of carbonyl (C=O) groups excluding carboxylic acids is 2. The van der Waals surface area contributed by atoms with E-state index in [1.807, 2.05) is 0 Å². The molecule has 2 aromatic rings. The van der Waals surface area contributed by atoms with Crippen LogP contribution in [0, 0.1) is 17.6 Å². The number of amidine groups is 1. The Morgan fingerprint density at radius 1 is 1.37 bits per heavy atom. The molecule has 2 heterocycles. The van der Waals surface area contributed by atoms with E-state index < -0.39 is 28.7 Å². The largest absolute Gasteiger partial charge is 0.469 e. The van der Waals surface area contributed by atoms with Gasteiger partial charge in [0.25, 0.3) is 0 Å². The van der Waals surface area contributed by atoms with Crippen molar-refractivity contribution in [3.05, 3.63) is 73.5 Å². The van der Waals surface area contributed by atoms with Crippen LogP contribution < -0.4 is 11.1 Å². The summed E-state index contributed by atoms with van der Waals surface area (Å²) in [6.45, 7) is 3.55. The van der Waals surface area contributed by atoms with E-state index in [9.17, 15) is 18.4 Å². The summed E-state index contributed by atoms with van der Waals surface area (Å²) in [6, 6.07) is 0.852. The molecular formula is C28H30ClF2N5O4S. The zero-order chi connectivity index (χ0) is 29.7. The zero-order valence-electron chi connectivity index (χ0n) is 22.7. The molecule has 0 saturated heterocycles. The number of halogens is 3. The molecule has 41 heavy (non-hydrogen) atoms. The van der Waals surface area contributed by atoms with Crippen LogP contribution in [-0.4, -0.2) is 48.7 Å². The lowest BCUT2D eigenvalue weighted by atomic mass is 9.81. The molecule has 0 bridgehead atoms. The fraction of sp³-hybridized carbons (Fsp3) is 0.393. The van der Waals surface area contributed by atoms with Crippen LogP contribution in [0.1, 0.15) is 56.1 Å². The highest BCUT2D eigenvalue weighted by molar-refractivity contribution is 7.11. The Hall–Kier alpha value is -3.64.